The molecule has 4 nitrogen and oxygen atoms in total. The molecule has 0 aromatic heterocycles. The number of halogens is 2. The zero-order valence-electron chi connectivity index (χ0n) is 11.7. The van der Waals surface area contributed by atoms with E-state index in [-0.39, 0.29) is 6.04 Å². The van der Waals surface area contributed by atoms with Crippen LogP contribution in [0.5, 0.6) is 0 Å². The summed E-state index contributed by atoms with van der Waals surface area (Å²) in [5, 5.41) is 2.80. The minimum atomic E-state index is -0.528. The number of hydrogen-bond donors (Lipinski definition) is 1. The van der Waals surface area contributed by atoms with E-state index in [1.807, 2.05) is 20.8 Å². The van der Waals surface area contributed by atoms with E-state index in [0.29, 0.717) is 0 Å². The molecule has 1 amide bonds. The van der Waals surface area contributed by atoms with Crippen LogP contribution in [0.1, 0.15) is 40.0 Å². The minimum absolute atomic E-state index is 0.0736. The highest BCUT2D eigenvalue weighted by molar-refractivity contribution is 9.09. The molecule has 6 heteroatoms. The Labute approximate surface area is 132 Å². The van der Waals surface area contributed by atoms with Crippen molar-refractivity contribution in [2.75, 3.05) is 10.7 Å². The maximum atomic E-state index is 12.0. The lowest BCUT2D eigenvalue weighted by Crippen LogP contribution is -2.50. The third-order valence-corrected chi connectivity index (χ3v) is 4.34. The Morgan fingerprint density at radius 2 is 2.05 bits per heavy atom. The van der Waals surface area contributed by atoms with Crippen molar-refractivity contribution in [3.05, 3.63) is 11.1 Å². The molecule has 0 aromatic carbocycles. The molecule has 19 heavy (non-hydrogen) atoms. The SMILES string of the molecule is CC(C)(C)OC(=O)N(N)C1CCCC(CBr)=C1CBr. The van der Waals surface area contributed by atoms with Gasteiger partial charge in [0.05, 0.1) is 6.04 Å². The van der Waals surface area contributed by atoms with Crippen LogP contribution >= 0.6 is 31.9 Å². The lowest BCUT2D eigenvalue weighted by molar-refractivity contribution is 0.0174. The van der Waals surface area contributed by atoms with Gasteiger partial charge < -0.3 is 4.74 Å². The summed E-state index contributed by atoms with van der Waals surface area (Å²) in [4.78, 5) is 12.0. The number of nitrogens with zero attached hydrogens (tertiary/aromatic N) is 1. The van der Waals surface area contributed by atoms with Crippen molar-refractivity contribution in [3.8, 4) is 0 Å². The van der Waals surface area contributed by atoms with E-state index >= 15 is 0 Å². The van der Waals surface area contributed by atoms with E-state index in [9.17, 15) is 4.79 Å². The fraction of sp³-hybridized carbons (Fsp3) is 0.769. The summed E-state index contributed by atoms with van der Waals surface area (Å²) in [5.41, 5.74) is 1.99. The fourth-order valence-corrected chi connectivity index (χ4v) is 3.57. The topological polar surface area (TPSA) is 55.6 Å². The smallest absolute Gasteiger partial charge is 0.425 e. The van der Waals surface area contributed by atoms with Gasteiger partial charge in [-0.05, 0) is 45.6 Å². The molecule has 110 valence electrons. The van der Waals surface area contributed by atoms with Crippen molar-refractivity contribution in [1.82, 2.24) is 5.01 Å². The van der Waals surface area contributed by atoms with Crippen molar-refractivity contribution >= 4 is 38.0 Å². The molecule has 0 saturated heterocycles. The Morgan fingerprint density at radius 3 is 2.53 bits per heavy atom. The van der Waals surface area contributed by atoms with Gasteiger partial charge in [-0.25, -0.2) is 15.6 Å². The van der Waals surface area contributed by atoms with Gasteiger partial charge in [-0.2, -0.15) is 0 Å². The molecule has 0 aromatic rings. The molecule has 1 rings (SSSR count). The third-order valence-electron chi connectivity index (χ3n) is 3.06. The summed E-state index contributed by atoms with van der Waals surface area (Å²) in [7, 11) is 0. The monoisotopic (exact) mass is 396 g/mol. The fourth-order valence-electron chi connectivity index (χ4n) is 2.16. The van der Waals surface area contributed by atoms with Crippen molar-refractivity contribution in [1.29, 1.82) is 0 Å². The molecule has 0 radical (unpaired) electrons. The maximum absolute atomic E-state index is 12.0. The quantitative estimate of drug-likeness (QED) is 0.259. The summed E-state index contributed by atoms with van der Waals surface area (Å²) >= 11 is 7.00. The first-order chi connectivity index (χ1) is 8.80. The first kappa shape index (κ1) is 17.0. The number of carbonyl (C=O) groups is 1. The Hall–Kier alpha value is -0.0700. The highest BCUT2D eigenvalue weighted by Crippen LogP contribution is 2.30. The van der Waals surface area contributed by atoms with Crippen molar-refractivity contribution in [3.63, 3.8) is 0 Å². The molecular weight excluding hydrogens is 376 g/mol. The van der Waals surface area contributed by atoms with Gasteiger partial charge in [0.1, 0.15) is 5.60 Å². The largest absolute Gasteiger partial charge is 0.443 e. The summed E-state index contributed by atoms with van der Waals surface area (Å²) in [6, 6.07) is -0.0736. The standard InChI is InChI=1S/C13H22Br2N2O2/c1-13(2,3)19-12(18)17(16)11-6-4-5-9(7-14)10(11)8-15/h11H,4-8,16H2,1-3H3. The van der Waals surface area contributed by atoms with Crippen LogP contribution in [0.15, 0.2) is 11.1 Å². The van der Waals surface area contributed by atoms with Gasteiger partial charge in [0.15, 0.2) is 0 Å². The molecule has 1 aliphatic carbocycles. The van der Waals surface area contributed by atoms with E-state index in [2.05, 4.69) is 31.9 Å². The average molecular weight is 398 g/mol. The Bertz CT molecular complexity index is 364. The van der Waals surface area contributed by atoms with Gasteiger partial charge >= 0.3 is 6.09 Å². The summed E-state index contributed by atoms with van der Waals surface area (Å²) < 4.78 is 5.33. The first-order valence-corrected chi connectivity index (χ1v) is 8.64. The summed E-state index contributed by atoms with van der Waals surface area (Å²) in [6.07, 6.45) is 2.52. The Kier molecular flexibility index (Phi) is 6.33. The Morgan fingerprint density at radius 1 is 1.42 bits per heavy atom. The van der Waals surface area contributed by atoms with Gasteiger partial charge in [-0.1, -0.05) is 37.4 Å². The van der Waals surface area contributed by atoms with Gasteiger partial charge in [0.25, 0.3) is 0 Å². The van der Waals surface area contributed by atoms with E-state index in [1.54, 1.807) is 0 Å². The minimum Gasteiger partial charge on any atom is -0.443 e. The van der Waals surface area contributed by atoms with Crippen LogP contribution in [0.3, 0.4) is 0 Å². The number of nitrogens with two attached hydrogens (primary N) is 1. The maximum Gasteiger partial charge on any atom is 0.425 e. The normalized spacial score (nSPS) is 20.4. The van der Waals surface area contributed by atoms with Crippen LogP contribution in [0.2, 0.25) is 0 Å². The number of carbonyl (C=O) groups excluding carboxylic acids is 1. The van der Waals surface area contributed by atoms with Crippen LogP contribution in [-0.4, -0.2) is 33.4 Å². The summed E-state index contributed by atoms with van der Waals surface area (Å²) in [6.45, 7) is 5.51. The molecule has 0 spiro atoms. The second-order valence-electron chi connectivity index (χ2n) is 5.69. The average Bonchev–Trinajstić information content (AvgIpc) is 2.34. The zero-order valence-corrected chi connectivity index (χ0v) is 14.9. The zero-order chi connectivity index (χ0) is 14.6. The Balaban J connectivity index is 2.86. The van der Waals surface area contributed by atoms with E-state index in [0.717, 1.165) is 29.9 Å². The molecule has 2 N–H and O–H groups in total. The molecule has 0 bridgehead atoms. The van der Waals surface area contributed by atoms with E-state index in [4.69, 9.17) is 10.6 Å². The number of hydrogen-bond acceptors (Lipinski definition) is 3. The molecule has 0 aliphatic heterocycles. The molecule has 1 unspecified atom stereocenters. The van der Waals surface area contributed by atoms with Gasteiger partial charge in [-0.15, -0.1) is 0 Å². The second kappa shape index (κ2) is 7.09. The van der Waals surface area contributed by atoms with Gasteiger partial charge in [0, 0.05) is 10.7 Å². The highest BCUT2D eigenvalue weighted by Gasteiger charge is 2.31. The number of ether oxygens (including phenoxy) is 1. The van der Waals surface area contributed by atoms with Crippen LogP contribution in [0.25, 0.3) is 0 Å². The molecular formula is C13H22Br2N2O2. The third kappa shape index (κ3) is 4.76. The predicted molar refractivity (Wildman–Crippen MR) is 84.5 cm³/mol. The number of rotatable bonds is 3. The van der Waals surface area contributed by atoms with Crippen LogP contribution in [-0.2, 0) is 4.74 Å². The molecule has 0 fully saturated rings. The van der Waals surface area contributed by atoms with Gasteiger partial charge in [0.2, 0.25) is 0 Å². The molecule has 1 atom stereocenters. The lowest BCUT2D eigenvalue weighted by Gasteiger charge is -2.34. The lowest BCUT2D eigenvalue weighted by atomic mass is 9.89. The van der Waals surface area contributed by atoms with Crippen molar-refractivity contribution in [2.45, 2.75) is 51.7 Å². The highest BCUT2D eigenvalue weighted by atomic mass is 79.9. The van der Waals surface area contributed by atoms with Gasteiger partial charge in [-0.3, -0.25) is 0 Å². The van der Waals surface area contributed by atoms with E-state index < -0.39 is 11.7 Å². The molecule has 1 aliphatic rings. The van der Waals surface area contributed by atoms with Crippen LogP contribution in [0, 0.1) is 0 Å². The first-order valence-electron chi connectivity index (χ1n) is 6.39. The molecule has 0 saturated carbocycles. The predicted octanol–water partition coefficient (Wildman–Crippen LogP) is 3.74. The summed E-state index contributed by atoms with van der Waals surface area (Å²) in [5.74, 6) is 5.97. The number of amides is 1. The molecule has 0 heterocycles. The number of hydrazine groups is 1. The van der Waals surface area contributed by atoms with Crippen LogP contribution < -0.4 is 5.84 Å². The van der Waals surface area contributed by atoms with Crippen molar-refractivity contribution in [2.24, 2.45) is 5.84 Å². The van der Waals surface area contributed by atoms with E-state index in [1.165, 1.54) is 16.2 Å². The van der Waals surface area contributed by atoms with Crippen LogP contribution in [0.4, 0.5) is 4.79 Å². The number of alkyl halides is 2. The number of allylic oxidation sites excluding steroid dienone is 1. The second-order valence-corrected chi connectivity index (χ2v) is 6.81. The van der Waals surface area contributed by atoms with Crippen molar-refractivity contribution < 1.29 is 9.53 Å².